The Bertz CT molecular complexity index is 254. The summed E-state index contributed by atoms with van der Waals surface area (Å²) in [5.41, 5.74) is -0.434. The maximum Gasteiger partial charge on any atom is 0.342 e. The highest BCUT2D eigenvalue weighted by molar-refractivity contribution is 5.69. The van der Waals surface area contributed by atoms with E-state index >= 15 is 0 Å². The van der Waals surface area contributed by atoms with Gasteiger partial charge in [0, 0.05) is 0 Å². The molecule has 0 unspecified atom stereocenters. The first-order valence-electron chi connectivity index (χ1n) is 6.96. The Balaban J connectivity index is 4.12. The van der Waals surface area contributed by atoms with Gasteiger partial charge in [-0.2, -0.15) is 4.89 Å². The minimum atomic E-state index is -0.396. The summed E-state index contributed by atoms with van der Waals surface area (Å²) >= 11 is 0. The van der Waals surface area contributed by atoms with Crippen LogP contribution in [-0.4, -0.2) is 11.6 Å². The summed E-state index contributed by atoms with van der Waals surface area (Å²) in [6.07, 6.45) is 3.27. The van der Waals surface area contributed by atoms with Crippen LogP contribution in [0.2, 0.25) is 0 Å². The van der Waals surface area contributed by atoms with E-state index in [1.165, 1.54) is 0 Å². The lowest BCUT2D eigenvalue weighted by atomic mass is 9.81. The Morgan fingerprint density at radius 3 is 2.17 bits per heavy atom. The molecule has 0 heterocycles. The Morgan fingerprint density at radius 1 is 1.17 bits per heavy atom. The van der Waals surface area contributed by atoms with Gasteiger partial charge in [0.05, 0.1) is 6.42 Å². The Hall–Kier alpha value is -0.570. The van der Waals surface area contributed by atoms with Crippen LogP contribution in [0.3, 0.4) is 0 Å². The van der Waals surface area contributed by atoms with Gasteiger partial charge in [-0.25, -0.2) is 4.79 Å². The third-order valence-corrected chi connectivity index (χ3v) is 2.80. The molecule has 0 rings (SSSR count). The predicted octanol–water partition coefficient (Wildman–Crippen LogP) is 4.50. The fraction of sp³-hybridized carbons (Fsp3) is 0.933. The van der Waals surface area contributed by atoms with Crippen LogP contribution in [0.15, 0.2) is 0 Å². The first-order valence-corrected chi connectivity index (χ1v) is 6.96. The summed E-state index contributed by atoms with van der Waals surface area (Å²) in [4.78, 5) is 21.9. The van der Waals surface area contributed by atoms with Gasteiger partial charge in [0.1, 0.15) is 5.60 Å². The molecule has 0 aliphatic rings. The Kier molecular flexibility index (Phi) is 6.90. The molecule has 0 saturated carbocycles. The van der Waals surface area contributed by atoms with Crippen LogP contribution in [0, 0.1) is 11.3 Å². The van der Waals surface area contributed by atoms with Gasteiger partial charge in [-0.05, 0) is 38.0 Å². The van der Waals surface area contributed by atoms with Crippen LogP contribution in [0.25, 0.3) is 0 Å². The van der Waals surface area contributed by atoms with Gasteiger partial charge >= 0.3 is 5.97 Å². The van der Waals surface area contributed by atoms with Crippen LogP contribution < -0.4 is 0 Å². The van der Waals surface area contributed by atoms with Crippen LogP contribution in [-0.2, 0) is 14.6 Å². The van der Waals surface area contributed by atoms with Gasteiger partial charge in [0.15, 0.2) is 0 Å². The van der Waals surface area contributed by atoms with E-state index in [1.54, 1.807) is 0 Å². The molecule has 0 aliphatic heterocycles. The molecule has 3 heteroatoms. The smallest absolute Gasteiger partial charge is 0.298 e. The van der Waals surface area contributed by atoms with Gasteiger partial charge in [-0.15, -0.1) is 0 Å². The van der Waals surface area contributed by atoms with Crippen molar-refractivity contribution in [1.29, 1.82) is 0 Å². The highest BCUT2D eigenvalue weighted by Gasteiger charge is 2.27. The first-order chi connectivity index (χ1) is 8.08. The van der Waals surface area contributed by atoms with E-state index in [9.17, 15) is 4.79 Å². The summed E-state index contributed by atoms with van der Waals surface area (Å²) in [6.45, 7) is 14.4. The van der Waals surface area contributed by atoms with E-state index in [-0.39, 0.29) is 11.4 Å². The molecule has 0 aliphatic carbocycles. The summed E-state index contributed by atoms with van der Waals surface area (Å²) in [5, 5.41) is 0. The van der Waals surface area contributed by atoms with Gasteiger partial charge in [-0.1, -0.05) is 41.0 Å². The topological polar surface area (TPSA) is 35.5 Å². The quantitative estimate of drug-likeness (QED) is 0.475. The zero-order chi connectivity index (χ0) is 14.4. The summed E-state index contributed by atoms with van der Waals surface area (Å²) in [6, 6.07) is 0. The van der Waals surface area contributed by atoms with Crippen molar-refractivity contribution >= 4 is 5.97 Å². The molecule has 0 aromatic rings. The van der Waals surface area contributed by atoms with Crippen molar-refractivity contribution in [3.05, 3.63) is 0 Å². The van der Waals surface area contributed by atoms with E-state index in [2.05, 4.69) is 34.6 Å². The predicted molar refractivity (Wildman–Crippen MR) is 74.0 cm³/mol. The summed E-state index contributed by atoms with van der Waals surface area (Å²) < 4.78 is 0. The van der Waals surface area contributed by atoms with Crippen LogP contribution in [0.4, 0.5) is 0 Å². The molecule has 108 valence electrons. The number of carbonyl (C=O) groups is 1. The normalized spacial score (nSPS) is 12.9. The van der Waals surface area contributed by atoms with Crippen molar-refractivity contribution in [2.75, 3.05) is 0 Å². The monoisotopic (exact) mass is 258 g/mol. The molecule has 0 radical (unpaired) electrons. The van der Waals surface area contributed by atoms with Crippen molar-refractivity contribution in [1.82, 2.24) is 0 Å². The van der Waals surface area contributed by atoms with Gasteiger partial charge < -0.3 is 0 Å². The second kappa shape index (κ2) is 7.13. The molecule has 0 fully saturated rings. The minimum Gasteiger partial charge on any atom is -0.298 e. The standard InChI is InChI=1S/C15H30O3/c1-8-9-15(6,7)18-17-13(16)11-14(4,5)10-12(2)3/h12H,8-11H2,1-7H3. The average Bonchev–Trinajstić information content (AvgIpc) is 2.11. The molecule has 18 heavy (non-hydrogen) atoms. The molecule has 0 N–H and O–H groups in total. The van der Waals surface area contributed by atoms with E-state index in [4.69, 9.17) is 9.78 Å². The molecule has 0 aromatic heterocycles. The summed E-state index contributed by atoms with van der Waals surface area (Å²) in [7, 11) is 0. The molecule has 0 spiro atoms. The molecule has 0 atom stereocenters. The van der Waals surface area contributed by atoms with Crippen molar-refractivity contribution in [3.8, 4) is 0 Å². The maximum atomic E-state index is 11.7. The van der Waals surface area contributed by atoms with Crippen LogP contribution in [0.1, 0.15) is 74.1 Å². The maximum absolute atomic E-state index is 11.7. The number of carbonyl (C=O) groups excluding carboxylic acids is 1. The highest BCUT2D eigenvalue weighted by atomic mass is 17.2. The van der Waals surface area contributed by atoms with Gasteiger partial charge in [0.2, 0.25) is 0 Å². The van der Waals surface area contributed by atoms with E-state index < -0.39 is 5.60 Å². The third kappa shape index (κ3) is 8.51. The fourth-order valence-electron chi connectivity index (χ4n) is 2.40. The van der Waals surface area contributed by atoms with Gasteiger partial charge in [-0.3, -0.25) is 4.89 Å². The zero-order valence-electron chi connectivity index (χ0n) is 13.1. The van der Waals surface area contributed by atoms with E-state index in [1.807, 2.05) is 13.8 Å². The highest BCUT2D eigenvalue weighted by Crippen LogP contribution is 2.29. The first kappa shape index (κ1) is 17.4. The largest absolute Gasteiger partial charge is 0.342 e. The second-order valence-corrected chi connectivity index (χ2v) is 6.99. The lowest BCUT2D eigenvalue weighted by Crippen LogP contribution is -2.28. The van der Waals surface area contributed by atoms with Crippen molar-refractivity contribution in [2.24, 2.45) is 11.3 Å². The minimum absolute atomic E-state index is 0.0382. The van der Waals surface area contributed by atoms with Crippen LogP contribution in [0.5, 0.6) is 0 Å². The number of hydrogen-bond donors (Lipinski definition) is 0. The van der Waals surface area contributed by atoms with Crippen molar-refractivity contribution in [2.45, 2.75) is 79.8 Å². The molecule has 0 bridgehead atoms. The van der Waals surface area contributed by atoms with Gasteiger partial charge in [0.25, 0.3) is 0 Å². The molecule has 0 aromatic carbocycles. The van der Waals surface area contributed by atoms with Crippen LogP contribution >= 0.6 is 0 Å². The summed E-state index contributed by atoms with van der Waals surface area (Å²) in [5.74, 6) is 0.301. The van der Waals surface area contributed by atoms with Crippen molar-refractivity contribution in [3.63, 3.8) is 0 Å². The number of hydrogen-bond acceptors (Lipinski definition) is 3. The second-order valence-electron chi connectivity index (χ2n) is 6.99. The molecular weight excluding hydrogens is 228 g/mol. The lowest BCUT2D eigenvalue weighted by molar-refractivity contribution is -0.327. The molecule has 0 saturated heterocycles. The number of rotatable bonds is 8. The third-order valence-electron chi connectivity index (χ3n) is 2.80. The van der Waals surface area contributed by atoms with E-state index in [0.29, 0.717) is 12.3 Å². The van der Waals surface area contributed by atoms with E-state index in [0.717, 1.165) is 19.3 Å². The molecular formula is C15H30O3. The molecule has 3 nitrogen and oxygen atoms in total. The Labute approximate surface area is 112 Å². The fourth-order valence-corrected chi connectivity index (χ4v) is 2.40. The zero-order valence-corrected chi connectivity index (χ0v) is 13.1. The molecule has 0 amide bonds. The SMILES string of the molecule is CCCC(C)(C)OOC(=O)CC(C)(C)CC(C)C. The Morgan fingerprint density at radius 2 is 1.72 bits per heavy atom. The average molecular weight is 258 g/mol. The lowest BCUT2D eigenvalue weighted by Gasteiger charge is -2.27. The van der Waals surface area contributed by atoms with Crippen molar-refractivity contribution < 1.29 is 14.6 Å².